The second-order valence-corrected chi connectivity index (χ2v) is 5.36. The lowest BCUT2D eigenvalue weighted by Crippen LogP contribution is -2.05. The fourth-order valence-electron chi connectivity index (χ4n) is 1.13. The van der Waals surface area contributed by atoms with E-state index >= 15 is 0 Å². The van der Waals surface area contributed by atoms with Crippen LogP contribution in [0.25, 0.3) is 0 Å². The predicted octanol–water partition coefficient (Wildman–Crippen LogP) is 8.05. The number of ether oxygens (including phenoxy) is 2. The molecular formula is C23H52O2. The van der Waals surface area contributed by atoms with Crippen LogP contribution in [0.5, 0.6) is 0 Å². The van der Waals surface area contributed by atoms with Crippen molar-refractivity contribution in [3.8, 4) is 0 Å². The topological polar surface area (TPSA) is 18.5 Å². The molecular weight excluding hydrogens is 308 g/mol. The average Bonchev–Trinajstić information content (AvgIpc) is 2.54. The summed E-state index contributed by atoms with van der Waals surface area (Å²) in [6.07, 6.45) is 5.59. The Bertz CT molecular complexity index is 281. The Morgan fingerprint density at radius 1 is 0.760 bits per heavy atom. The molecule has 0 spiro atoms. The van der Waals surface area contributed by atoms with Crippen LogP contribution in [0.1, 0.15) is 89.2 Å². The van der Waals surface area contributed by atoms with Crippen LogP contribution in [0.3, 0.4) is 0 Å². The first kappa shape index (κ1) is 39.3. The van der Waals surface area contributed by atoms with Crippen LogP contribution >= 0.6 is 0 Å². The molecule has 0 saturated heterocycles. The van der Waals surface area contributed by atoms with Crippen molar-refractivity contribution in [2.75, 3.05) is 14.2 Å². The second-order valence-electron chi connectivity index (χ2n) is 5.36. The third-order valence-corrected chi connectivity index (χ3v) is 3.06. The molecule has 0 aromatic heterocycles. The molecule has 0 saturated carbocycles. The summed E-state index contributed by atoms with van der Waals surface area (Å²) in [5.74, 6) is 0. The standard InChI is InChI=1S/C11H16O.C4H10O.C4H10.4CH4/c1-10(12-2)8-9-11-6-4-3-5-7-11;1-4(2)5-3;1-3-4-2;;;;/h3-7,10H,8-9H2,1-2H3;4H,1-3H3;3-4H2,1-2H3;4*1H4. The van der Waals surface area contributed by atoms with E-state index in [0.29, 0.717) is 12.2 Å². The van der Waals surface area contributed by atoms with Gasteiger partial charge in [-0.1, -0.05) is 86.7 Å². The summed E-state index contributed by atoms with van der Waals surface area (Å²) >= 11 is 0. The molecule has 2 nitrogen and oxygen atoms in total. The molecule has 0 heterocycles. The van der Waals surface area contributed by atoms with Crippen molar-refractivity contribution in [2.45, 2.75) is 102 Å². The molecule has 1 aromatic rings. The summed E-state index contributed by atoms with van der Waals surface area (Å²) in [7, 11) is 3.46. The Labute approximate surface area is 162 Å². The van der Waals surface area contributed by atoms with E-state index in [4.69, 9.17) is 9.47 Å². The molecule has 0 N–H and O–H groups in total. The van der Waals surface area contributed by atoms with E-state index in [9.17, 15) is 0 Å². The number of benzene rings is 1. The van der Waals surface area contributed by atoms with Crippen LogP contribution in [-0.2, 0) is 15.9 Å². The molecule has 0 fully saturated rings. The quantitative estimate of drug-likeness (QED) is 0.511. The molecule has 0 bridgehead atoms. The van der Waals surface area contributed by atoms with Crippen LogP contribution < -0.4 is 0 Å². The van der Waals surface area contributed by atoms with Crippen LogP contribution in [0, 0.1) is 0 Å². The van der Waals surface area contributed by atoms with E-state index in [-0.39, 0.29) is 29.7 Å². The fraction of sp³-hybridized carbons (Fsp3) is 0.739. The van der Waals surface area contributed by atoms with Crippen LogP contribution in [0.15, 0.2) is 30.3 Å². The molecule has 1 aromatic carbocycles. The summed E-state index contributed by atoms with van der Waals surface area (Å²) in [5.41, 5.74) is 1.39. The van der Waals surface area contributed by atoms with Gasteiger partial charge in [0.25, 0.3) is 0 Å². The summed E-state index contributed by atoms with van der Waals surface area (Å²) in [6.45, 7) is 10.5. The van der Waals surface area contributed by atoms with E-state index in [2.05, 4.69) is 45.0 Å². The molecule has 0 amide bonds. The van der Waals surface area contributed by atoms with Gasteiger partial charge in [0.2, 0.25) is 0 Å². The zero-order valence-electron chi connectivity index (χ0n) is 15.2. The van der Waals surface area contributed by atoms with Crippen molar-refractivity contribution >= 4 is 0 Å². The fourth-order valence-corrected chi connectivity index (χ4v) is 1.13. The zero-order valence-corrected chi connectivity index (χ0v) is 15.2. The Morgan fingerprint density at radius 3 is 1.44 bits per heavy atom. The summed E-state index contributed by atoms with van der Waals surface area (Å²) in [5, 5.41) is 0. The molecule has 2 heteroatoms. The van der Waals surface area contributed by atoms with Gasteiger partial charge in [0, 0.05) is 14.2 Å². The summed E-state index contributed by atoms with van der Waals surface area (Å²) in [4.78, 5) is 0. The van der Waals surface area contributed by atoms with E-state index in [1.807, 2.05) is 19.9 Å². The summed E-state index contributed by atoms with van der Waals surface area (Å²) < 4.78 is 9.92. The molecule has 0 aliphatic carbocycles. The van der Waals surface area contributed by atoms with Crippen LogP contribution in [0.2, 0.25) is 0 Å². The lowest BCUT2D eigenvalue weighted by molar-refractivity contribution is 0.111. The molecule has 0 radical (unpaired) electrons. The minimum Gasteiger partial charge on any atom is -0.382 e. The lowest BCUT2D eigenvalue weighted by atomic mass is 10.1. The Kier molecular flexibility index (Phi) is 48.7. The van der Waals surface area contributed by atoms with Gasteiger partial charge < -0.3 is 9.47 Å². The largest absolute Gasteiger partial charge is 0.382 e. The average molecular weight is 361 g/mol. The second kappa shape index (κ2) is 31.0. The van der Waals surface area contributed by atoms with E-state index in [1.54, 1.807) is 14.2 Å². The normalized spacial score (nSPS) is 9.28. The number of aryl methyl sites for hydroxylation is 1. The van der Waals surface area contributed by atoms with E-state index in [1.165, 1.54) is 18.4 Å². The first-order valence-electron chi connectivity index (χ1n) is 8.11. The Morgan fingerprint density at radius 2 is 1.16 bits per heavy atom. The van der Waals surface area contributed by atoms with E-state index < -0.39 is 0 Å². The first-order valence-corrected chi connectivity index (χ1v) is 8.11. The predicted molar refractivity (Wildman–Crippen MR) is 121 cm³/mol. The van der Waals surface area contributed by atoms with Gasteiger partial charge in [-0.25, -0.2) is 0 Å². The van der Waals surface area contributed by atoms with Gasteiger partial charge in [0.05, 0.1) is 12.2 Å². The van der Waals surface area contributed by atoms with Gasteiger partial charge in [-0.3, -0.25) is 0 Å². The minimum atomic E-state index is 0. The highest BCUT2D eigenvalue weighted by molar-refractivity contribution is 5.14. The molecule has 1 rings (SSSR count). The summed E-state index contributed by atoms with van der Waals surface area (Å²) in [6, 6.07) is 10.5. The monoisotopic (exact) mass is 360 g/mol. The van der Waals surface area contributed by atoms with Crippen molar-refractivity contribution in [1.29, 1.82) is 0 Å². The number of hydrogen-bond donors (Lipinski definition) is 0. The van der Waals surface area contributed by atoms with Crippen LogP contribution in [-0.4, -0.2) is 26.4 Å². The maximum atomic E-state index is 5.17. The first-order chi connectivity index (χ1) is 10.0. The van der Waals surface area contributed by atoms with Crippen molar-refractivity contribution in [2.24, 2.45) is 0 Å². The number of hydrogen-bond acceptors (Lipinski definition) is 2. The van der Waals surface area contributed by atoms with E-state index in [0.717, 1.165) is 12.8 Å². The number of methoxy groups -OCH3 is 2. The Hall–Kier alpha value is -0.860. The third kappa shape index (κ3) is 35.2. The van der Waals surface area contributed by atoms with Gasteiger partial charge in [0.1, 0.15) is 0 Å². The SMILES string of the molecule is C.C.C.C.CCCC.COC(C)C.COC(C)CCc1ccccc1. The molecule has 0 aliphatic heterocycles. The van der Waals surface area contributed by atoms with Crippen molar-refractivity contribution in [3.63, 3.8) is 0 Å². The highest BCUT2D eigenvalue weighted by Crippen LogP contribution is 2.05. The molecule has 0 aliphatic rings. The zero-order chi connectivity index (χ0) is 16.5. The highest BCUT2D eigenvalue weighted by Gasteiger charge is 1.98. The van der Waals surface area contributed by atoms with Crippen molar-refractivity contribution in [3.05, 3.63) is 35.9 Å². The minimum absolute atomic E-state index is 0. The van der Waals surface area contributed by atoms with Gasteiger partial charge in [-0.15, -0.1) is 0 Å². The molecule has 25 heavy (non-hydrogen) atoms. The number of rotatable bonds is 6. The van der Waals surface area contributed by atoms with Gasteiger partial charge in [-0.05, 0) is 39.2 Å². The number of unbranched alkanes of at least 4 members (excludes halogenated alkanes) is 1. The van der Waals surface area contributed by atoms with Gasteiger partial charge in [-0.2, -0.15) is 0 Å². The lowest BCUT2D eigenvalue weighted by Gasteiger charge is -2.08. The molecule has 156 valence electrons. The van der Waals surface area contributed by atoms with Gasteiger partial charge in [0.15, 0.2) is 0 Å². The maximum absolute atomic E-state index is 5.17. The van der Waals surface area contributed by atoms with Gasteiger partial charge >= 0.3 is 0 Å². The molecule has 1 unspecified atom stereocenters. The third-order valence-electron chi connectivity index (χ3n) is 3.06. The Balaban J connectivity index is -0.0000000601. The van der Waals surface area contributed by atoms with Crippen LogP contribution in [0.4, 0.5) is 0 Å². The highest BCUT2D eigenvalue weighted by atomic mass is 16.5. The van der Waals surface area contributed by atoms with Crippen molar-refractivity contribution in [1.82, 2.24) is 0 Å². The smallest absolute Gasteiger partial charge is 0.0546 e. The molecule has 1 atom stereocenters. The van der Waals surface area contributed by atoms with Crippen molar-refractivity contribution < 1.29 is 9.47 Å². The maximum Gasteiger partial charge on any atom is 0.0546 e.